The van der Waals surface area contributed by atoms with Crippen molar-refractivity contribution in [3.63, 3.8) is 0 Å². The van der Waals surface area contributed by atoms with E-state index in [9.17, 15) is 9.59 Å². The van der Waals surface area contributed by atoms with Crippen LogP contribution in [0.2, 0.25) is 0 Å². The van der Waals surface area contributed by atoms with Crippen LogP contribution < -0.4 is 0 Å². The Morgan fingerprint density at radius 2 is 1.83 bits per heavy atom. The van der Waals surface area contributed by atoms with Crippen LogP contribution in [0.3, 0.4) is 0 Å². The quantitative estimate of drug-likeness (QED) is 0.412. The third-order valence-electron chi connectivity index (χ3n) is 10.7. The van der Waals surface area contributed by atoms with Crippen LogP contribution in [0.1, 0.15) is 85.5 Å². The highest BCUT2D eigenvalue weighted by molar-refractivity contribution is 5.85. The number of hydrogen-bond donors (Lipinski definition) is 0. The van der Waals surface area contributed by atoms with E-state index in [1.54, 1.807) is 5.57 Å². The molecule has 0 aromatic heterocycles. The minimum atomic E-state index is -0.150. The van der Waals surface area contributed by atoms with Crippen LogP contribution in [0, 0.1) is 39.9 Å². The number of ketones is 1. The first-order valence-electron chi connectivity index (χ1n) is 12.2. The van der Waals surface area contributed by atoms with E-state index in [0.29, 0.717) is 29.5 Å². The Bertz CT molecular complexity index is 824. The number of esters is 1. The number of fused-ring (bicyclic) bond motifs is 7. The van der Waals surface area contributed by atoms with Gasteiger partial charge in [-0.2, -0.15) is 0 Å². The monoisotopic (exact) mass is 410 g/mol. The maximum absolute atomic E-state index is 13.2. The Kier molecular flexibility index (Phi) is 4.66. The summed E-state index contributed by atoms with van der Waals surface area (Å²) in [5, 5.41) is 0. The van der Waals surface area contributed by atoms with Crippen molar-refractivity contribution in [2.45, 2.75) is 91.6 Å². The fourth-order valence-electron chi connectivity index (χ4n) is 9.31. The molecule has 3 saturated carbocycles. The number of carbonyl (C=O) groups excluding carboxylic acids is 2. The van der Waals surface area contributed by atoms with Gasteiger partial charge in [0.25, 0.3) is 0 Å². The first-order valence-corrected chi connectivity index (χ1v) is 12.2. The molecule has 0 N–H and O–H groups in total. The number of allylic oxidation sites excluding steroid dienone is 3. The van der Waals surface area contributed by atoms with Crippen molar-refractivity contribution >= 4 is 11.8 Å². The van der Waals surface area contributed by atoms with Crippen LogP contribution in [-0.2, 0) is 14.3 Å². The first kappa shape index (κ1) is 20.5. The number of hydrogen-bond acceptors (Lipinski definition) is 3. The third-order valence-corrected chi connectivity index (χ3v) is 10.7. The largest absolute Gasteiger partial charge is 0.462 e. The van der Waals surface area contributed by atoms with Gasteiger partial charge in [0, 0.05) is 18.8 Å². The second-order valence-corrected chi connectivity index (χ2v) is 11.6. The van der Waals surface area contributed by atoms with Gasteiger partial charge in [0.15, 0.2) is 0 Å². The lowest BCUT2D eigenvalue weighted by Gasteiger charge is -2.60. The lowest BCUT2D eigenvalue weighted by atomic mass is 9.44. The second kappa shape index (κ2) is 6.81. The Hall–Kier alpha value is -1.38. The zero-order chi connectivity index (χ0) is 21.3. The van der Waals surface area contributed by atoms with E-state index >= 15 is 0 Å². The summed E-state index contributed by atoms with van der Waals surface area (Å²) < 4.78 is 5.59. The summed E-state index contributed by atoms with van der Waals surface area (Å²) in [6.07, 6.45) is 17.1. The van der Waals surface area contributed by atoms with Crippen LogP contribution in [0.4, 0.5) is 0 Å². The molecule has 0 unspecified atom stereocenters. The molecule has 0 amide bonds. The van der Waals surface area contributed by atoms with E-state index in [0.717, 1.165) is 38.5 Å². The average molecular weight is 411 g/mol. The molecule has 0 bridgehead atoms. The van der Waals surface area contributed by atoms with Crippen molar-refractivity contribution in [1.29, 1.82) is 0 Å². The molecule has 164 valence electrons. The SMILES string of the molecule is CC(=O)O[C@@H]1CC[C@@]2(C)C(=CC[C@H]3[C@H]2CC[C@@]2(C)[C@H]3C[C@H]3CC=CC[C@]32C(C)=O)C1. The molecule has 0 heterocycles. The summed E-state index contributed by atoms with van der Waals surface area (Å²) in [4.78, 5) is 24.6. The third kappa shape index (κ3) is 2.56. The summed E-state index contributed by atoms with van der Waals surface area (Å²) in [6.45, 7) is 8.38. The highest BCUT2D eigenvalue weighted by Gasteiger charge is 2.68. The van der Waals surface area contributed by atoms with Gasteiger partial charge in [-0.3, -0.25) is 9.59 Å². The minimum Gasteiger partial charge on any atom is -0.462 e. The summed E-state index contributed by atoms with van der Waals surface area (Å²) in [7, 11) is 0. The molecular formula is C27H38O3. The molecule has 3 nitrogen and oxygen atoms in total. The normalized spacial score (nSPS) is 49.2. The molecule has 5 aliphatic rings. The van der Waals surface area contributed by atoms with Gasteiger partial charge >= 0.3 is 5.97 Å². The minimum absolute atomic E-state index is 0.0636. The van der Waals surface area contributed by atoms with Gasteiger partial charge in [0.1, 0.15) is 11.9 Å². The maximum atomic E-state index is 13.2. The van der Waals surface area contributed by atoms with Crippen LogP contribution in [0.5, 0.6) is 0 Å². The Balaban J connectivity index is 1.47. The standard InChI is InChI=1S/C27H38O3/c1-17(28)27-12-6-5-7-20(27)16-24-22-9-8-19-15-21(30-18(2)29)10-13-25(19,3)23(22)11-14-26(24,27)4/h5-6,8,20-24H,7,9-16H2,1-4H3/t20-,21-,22+,23-,24+,25+,26+,27+/m1/s1. The van der Waals surface area contributed by atoms with E-state index in [2.05, 4.69) is 32.1 Å². The number of carbonyl (C=O) groups is 2. The van der Waals surface area contributed by atoms with E-state index in [1.165, 1.54) is 26.2 Å². The van der Waals surface area contributed by atoms with Crippen LogP contribution in [0.15, 0.2) is 23.8 Å². The van der Waals surface area contributed by atoms with E-state index in [1.807, 2.05) is 6.92 Å². The molecule has 5 rings (SSSR count). The summed E-state index contributed by atoms with van der Waals surface area (Å²) in [5.41, 5.74) is 1.81. The summed E-state index contributed by atoms with van der Waals surface area (Å²) in [6, 6.07) is 0. The van der Waals surface area contributed by atoms with Gasteiger partial charge in [-0.25, -0.2) is 0 Å². The Labute approximate surface area is 181 Å². The number of rotatable bonds is 2. The number of ether oxygens (including phenoxy) is 1. The lowest BCUT2D eigenvalue weighted by molar-refractivity contribution is -0.150. The summed E-state index contributed by atoms with van der Waals surface area (Å²) in [5.74, 6) is 2.90. The van der Waals surface area contributed by atoms with Crippen molar-refractivity contribution in [2.24, 2.45) is 39.9 Å². The van der Waals surface area contributed by atoms with Gasteiger partial charge in [0.05, 0.1) is 0 Å². The highest BCUT2D eigenvalue weighted by atomic mass is 16.5. The summed E-state index contributed by atoms with van der Waals surface area (Å²) >= 11 is 0. The molecule has 0 saturated heterocycles. The predicted octanol–water partition coefficient (Wildman–Crippen LogP) is 6.03. The van der Waals surface area contributed by atoms with Crippen molar-refractivity contribution in [3.8, 4) is 0 Å². The molecule has 3 heteroatoms. The molecule has 0 aromatic carbocycles. The van der Waals surface area contributed by atoms with Crippen molar-refractivity contribution in [1.82, 2.24) is 0 Å². The molecule has 8 atom stereocenters. The van der Waals surface area contributed by atoms with Crippen molar-refractivity contribution < 1.29 is 14.3 Å². The maximum Gasteiger partial charge on any atom is 0.302 e. The molecule has 30 heavy (non-hydrogen) atoms. The van der Waals surface area contributed by atoms with Crippen LogP contribution in [-0.4, -0.2) is 17.9 Å². The molecule has 0 spiro atoms. The topological polar surface area (TPSA) is 43.4 Å². The van der Waals surface area contributed by atoms with Gasteiger partial charge in [-0.1, -0.05) is 37.6 Å². The lowest BCUT2D eigenvalue weighted by Crippen LogP contribution is -2.55. The smallest absolute Gasteiger partial charge is 0.302 e. The van der Waals surface area contributed by atoms with Gasteiger partial charge < -0.3 is 4.74 Å². The zero-order valence-electron chi connectivity index (χ0n) is 19.2. The fraction of sp³-hybridized carbons (Fsp3) is 0.778. The number of Topliss-reactive ketones (excluding diaryl/α,β-unsaturated/α-hetero) is 1. The first-order chi connectivity index (χ1) is 14.2. The molecule has 0 radical (unpaired) electrons. The average Bonchev–Trinajstić information content (AvgIpc) is 2.98. The van der Waals surface area contributed by atoms with Crippen LogP contribution in [0.25, 0.3) is 0 Å². The molecule has 3 fully saturated rings. The van der Waals surface area contributed by atoms with Gasteiger partial charge in [0.2, 0.25) is 0 Å². The van der Waals surface area contributed by atoms with E-state index < -0.39 is 0 Å². The highest BCUT2D eigenvalue weighted by Crippen LogP contribution is 2.73. The van der Waals surface area contributed by atoms with Crippen molar-refractivity contribution in [3.05, 3.63) is 23.8 Å². The van der Waals surface area contributed by atoms with Crippen LogP contribution >= 0.6 is 0 Å². The molecule has 0 aliphatic heterocycles. The van der Waals surface area contributed by atoms with Crippen molar-refractivity contribution in [2.75, 3.05) is 0 Å². The second-order valence-electron chi connectivity index (χ2n) is 11.6. The molecular weight excluding hydrogens is 372 g/mol. The molecule has 0 aromatic rings. The van der Waals surface area contributed by atoms with Gasteiger partial charge in [-0.15, -0.1) is 0 Å². The molecule has 5 aliphatic carbocycles. The predicted molar refractivity (Wildman–Crippen MR) is 118 cm³/mol. The van der Waals surface area contributed by atoms with E-state index in [4.69, 9.17) is 4.74 Å². The zero-order valence-corrected chi connectivity index (χ0v) is 19.2. The van der Waals surface area contributed by atoms with E-state index in [-0.39, 0.29) is 28.3 Å². The Morgan fingerprint density at radius 3 is 2.57 bits per heavy atom. The Morgan fingerprint density at radius 1 is 1.03 bits per heavy atom. The fourth-order valence-corrected chi connectivity index (χ4v) is 9.31. The van der Waals surface area contributed by atoms with Gasteiger partial charge in [-0.05, 0) is 92.8 Å².